The van der Waals surface area contributed by atoms with Gasteiger partial charge in [0.15, 0.2) is 0 Å². The van der Waals surface area contributed by atoms with Crippen LogP contribution in [0.4, 0.5) is 0 Å². The standard InChI is InChI=1S/C23H32O.C11H16.2C2H6.H2O/c1-4-5-6-10-13-23(24)22-15-14-21(19(3)17-22)16-18(2)20-11-8-7-9-12-20;1-5-11-9(3)6-8(2)7-10(11)4;2*1-2;/h7-9,11-12,16,21-22H,3-6,10,13-15,17H2,1-2H3;6-7H,5H2,1-4H3;2*1-2H3;1H2/b18-16+;;;;. The van der Waals surface area contributed by atoms with Gasteiger partial charge in [-0.3, -0.25) is 4.79 Å². The molecule has 226 valence electrons. The van der Waals surface area contributed by atoms with Crippen molar-refractivity contribution in [1.29, 1.82) is 0 Å². The predicted octanol–water partition coefficient (Wildman–Crippen LogP) is 11.0. The molecule has 0 amide bonds. The van der Waals surface area contributed by atoms with E-state index in [-0.39, 0.29) is 11.4 Å². The number of hydrogen-bond acceptors (Lipinski definition) is 1. The Balaban J connectivity index is 0. The number of allylic oxidation sites excluding steroid dienone is 3. The van der Waals surface area contributed by atoms with Crippen LogP contribution in [0.2, 0.25) is 0 Å². The number of unbranched alkanes of at least 4 members (excludes halogenated alkanes) is 3. The molecule has 40 heavy (non-hydrogen) atoms. The topological polar surface area (TPSA) is 48.6 Å². The van der Waals surface area contributed by atoms with E-state index < -0.39 is 0 Å². The summed E-state index contributed by atoms with van der Waals surface area (Å²) in [6.07, 6.45) is 12.0. The van der Waals surface area contributed by atoms with Crippen LogP contribution >= 0.6 is 0 Å². The highest BCUT2D eigenvalue weighted by Gasteiger charge is 2.27. The predicted molar refractivity (Wildman–Crippen MR) is 180 cm³/mol. The van der Waals surface area contributed by atoms with Crippen molar-refractivity contribution in [2.24, 2.45) is 11.8 Å². The van der Waals surface area contributed by atoms with Gasteiger partial charge in [0.1, 0.15) is 5.78 Å². The Morgan fingerprint density at radius 2 is 1.48 bits per heavy atom. The molecule has 1 saturated carbocycles. The first-order chi connectivity index (χ1) is 18.8. The van der Waals surface area contributed by atoms with Gasteiger partial charge < -0.3 is 5.48 Å². The monoisotopic (exact) mass is 550 g/mol. The van der Waals surface area contributed by atoms with Crippen LogP contribution in [-0.2, 0) is 11.2 Å². The molecule has 2 unspecified atom stereocenters. The van der Waals surface area contributed by atoms with Crippen molar-refractivity contribution in [3.05, 3.63) is 88.5 Å². The third-order valence-corrected chi connectivity index (χ3v) is 7.47. The highest BCUT2D eigenvalue weighted by molar-refractivity contribution is 5.81. The molecule has 0 heterocycles. The van der Waals surface area contributed by atoms with Crippen molar-refractivity contribution < 1.29 is 10.3 Å². The highest BCUT2D eigenvalue weighted by atomic mass is 16.1. The Hall–Kier alpha value is -2.45. The van der Waals surface area contributed by atoms with Gasteiger partial charge in [0.05, 0.1) is 0 Å². The SMILES string of the molecule is C=C1CC(C(=O)CCCCCC)CCC1/C=C(\C)c1ccccc1.CC.CC.CCc1c(C)cc(C)cc1C.O. The third-order valence-electron chi connectivity index (χ3n) is 7.47. The molecule has 2 aromatic carbocycles. The molecule has 1 fully saturated rings. The Morgan fingerprint density at radius 3 is 1.98 bits per heavy atom. The van der Waals surface area contributed by atoms with Gasteiger partial charge in [-0.2, -0.15) is 0 Å². The minimum absolute atomic E-state index is 0. The number of hydrogen-bond donors (Lipinski definition) is 0. The maximum Gasteiger partial charge on any atom is 0.136 e. The average molecular weight is 551 g/mol. The van der Waals surface area contributed by atoms with Gasteiger partial charge in [-0.15, -0.1) is 0 Å². The fraction of sp³-hybridized carbons (Fsp3) is 0.553. The zero-order valence-corrected chi connectivity index (χ0v) is 27.8. The molecule has 2 N–H and O–H groups in total. The molecule has 2 nitrogen and oxygen atoms in total. The van der Waals surface area contributed by atoms with Crippen LogP contribution in [0.5, 0.6) is 0 Å². The molecule has 0 spiro atoms. The van der Waals surface area contributed by atoms with Gasteiger partial charge in [0, 0.05) is 12.3 Å². The summed E-state index contributed by atoms with van der Waals surface area (Å²) in [5.41, 5.74) is 9.58. The Morgan fingerprint density at radius 1 is 0.900 bits per heavy atom. The number of aryl methyl sites for hydroxylation is 3. The summed E-state index contributed by atoms with van der Waals surface area (Å²) in [6, 6.07) is 15.0. The van der Waals surface area contributed by atoms with Crippen LogP contribution in [-0.4, -0.2) is 11.3 Å². The summed E-state index contributed by atoms with van der Waals surface area (Å²) in [7, 11) is 0. The minimum atomic E-state index is 0. The highest BCUT2D eigenvalue weighted by Crippen LogP contribution is 2.36. The molecule has 0 bridgehead atoms. The molecule has 3 rings (SSSR count). The van der Waals surface area contributed by atoms with E-state index in [0.29, 0.717) is 11.7 Å². The van der Waals surface area contributed by atoms with E-state index in [2.05, 4.69) is 90.6 Å². The second kappa shape index (κ2) is 23.3. The molecule has 2 heteroatoms. The van der Waals surface area contributed by atoms with Crippen LogP contribution < -0.4 is 0 Å². The molecule has 2 aromatic rings. The van der Waals surface area contributed by atoms with E-state index in [4.69, 9.17) is 0 Å². The van der Waals surface area contributed by atoms with E-state index >= 15 is 0 Å². The van der Waals surface area contributed by atoms with Crippen molar-refractivity contribution >= 4 is 11.4 Å². The van der Waals surface area contributed by atoms with Gasteiger partial charge in [-0.05, 0) is 93.5 Å². The average Bonchev–Trinajstić information content (AvgIpc) is 2.95. The zero-order valence-electron chi connectivity index (χ0n) is 27.8. The molecule has 0 radical (unpaired) electrons. The van der Waals surface area contributed by atoms with Gasteiger partial charge in [0.2, 0.25) is 0 Å². The maximum atomic E-state index is 12.4. The van der Waals surface area contributed by atoms with Crippen LogP contribution in [0.25, 0.3) is 5.57 Å². The lowest BCUT2D eigenvalue weighted by Crippen LogP contribution is -2.22. The number of rotatable bonds is 9. The summed E-state index contributed by atoms with van der Waals surface area (Å²) in [4.78, 5) is 12.4. The fourth-order valence-corrected chi connectivity index (χ4v) is 5.43. The minimum Gasteiger partial charge on any atom is -0.412 e. The number of carbonyl (C=O) groups is 1. The van der Waals surface area contributed by atoms with E-state index in [0.717, 1.165) is 38.5 Å². The first-order valence-electron chi connectivity index (χ1n) is 15.8. The van der Waals surface area contributed by atoms with Crippen LogP contribution in [0.15, 0.2) is 60.7 Å². The maximum absolute atomic E-state index is 12.4. The van der Waals surface area contributed by atoms with Crippen molar-refractivity contribution in [2.45, 2.75) is 127 Å². The number of benzene rings is 2. The Kier molecular flexibility index (Phi) is 23.1. The summed E-state index contributed by atoms with van der Waals surface area (Å²) in [5, 5.41) is 0. The fourth-order valence-electron chi connectivity index (χ4n) is 5.43. The van der Waals surface area contributed by atoms with Crippen molar-refractivity contribution in [1.82, 2.24) is 0 Å². The first-order valence-corrected chi connectivity index (χ1v) is 15.8. The van der Waals surface area contributed by atoms with Gasteiger partial charge in [0.25, 0.3) is 0 Å². The van der Waals surface area contributed by atoms with Gasteiger partial charge >= 0.3 is 0 Å². The van der Waals surface area contributed by atoms with Crippen LogP contribution in [0, 0.1) is 32.6 Å². The molecule has 0 aliphatic heterocycles. The summed E-state index contributed by atoms with van der Waals surface area (Å²) in [5.74, 6) is 1.12. The van der Waals surface area contributed by atoms with E-state index in [9.17, 15) is 4.79 Å². The lowest BCUT2D eigenvalue weighted by Gasteiger charge is -2.29. The number of ketones is 1. The van der Waals surface area contributed by atoms with E-state index in [1.807, 2.05) is 33.8 Å². The summed E-state index contributed by atoms with van der Waals surface area (Å²) >= 11 is 0. The Labute approximate surface area is 248 Å². The summed E-state index contributed by atoms with van der Waals surface area (Å²) < 4.78 is 0. The van der Waals surface area contributed by atoms with Crippen LogP contribution in [0.3, 0.4) is 0 Å². The van der Waals surface area contributed by atoms with E-state index in [1.165, 1.54) is 58.2 Å². The van der Waals surface area contributed by atoms with Gasteiger partial charge in [-0.1, -0.05) is 127 Å². The van der Waals surface area contributed by atoms with Crippen LogP contribution in [0.1, 0.15) is 128 Å². The molecule has 1 aliphatic carbocycles. The third kappa shape index (κ3) is 14.3. The zero-order chi connectivity index (χ0) is 29.8. The Bertz CT molecular complexity index is 961. The molecule has 2 atom stereocenters. The second-order valence-corrected chi connectivity index (χ2v) is 10.5. The summed E-state index contributed by atoms with van der Waals surface area (Å²) in [6.45, 7) is 25.4. The number of Topliss-reactive ketones (excluding diaryl/α,β-unsaturated/α-hetero) is 1. The normalized spacial score (nSPS) is 16.1. The van der Waals surface area contributed by atoms with Crippen molar-refractivity contribution in [3.63, 3.8) is 0 Å². The smallest absolute Gasteiger partial charge is 0.136 e. The largest absolute Gasteiger partial charge is 0.412 e. The molecular weight excluding hydrogens is 488 g/mol. The quantitative estimate of drug-likeness (QED) is 0.226. The van der Waals surface area contributed by atoms with E-state index in [1.54, 1.807) is 0 Å². The molecular formula is C38H62O2. The lowest BCUT2D eigenvalue weighted by molar-refractivity contribution is -0.123. The second-order valence-electron chi connectivity index (χ2n) is 10.5. The molecule has 0 aromatic heterocycles. The molecule has 0 saturated heterocycles. The van der Waals surface area contributed by atoms with Crippen molar-refractivity contribution in [3.8, 4) is 0 Å². The van der Waals surface area contributed by atoms with Gasteiger partial charge in [-0.25, -0.2) is 0 Å². The first kappa shape index (κ1) is 39.7. The number of carbonyl (C=O) groups excluding carboxylic acids is 1. The lowest BCUT2D eigenvalue weighted by atomic mass is 9.75. The van der Waals surface area contributed by atoms with Crippen molar-refractivity contribution in [2.75, 3.05) is 0 Å². The molecule has 1 aliphatic rings.